The summed E-state index contributed by atoms with van der Waals surface area (Å²) in [4.78, 5) is 40.0. The van der Waals surface area contributed by atoms with Crippen molar-refractivity contribution in [2.45, 2.75) is 56.3 Å². The van der Waals surface area contributed by atoms with Crippen LogP contribution in [0.2, 0.25) is 0 Å². The number of H-pyrrole nitrogens is 1. The molecular formula is C30H31F7N4O6S. The van der Waals surface area contributed by atoms with E-state index in [9.17, 15) is 48.7 Å². The van der Waals surface area contributed by atoms with E-state index in [-0.39, 0.29) is 61.3 Å². The zero-order valence-electron chi connectivity index (χ0n) is 25.5. The number of benzene rings is 2. The lowest BCUT2D eigenvalue weighted by molar-refractivity contribution is -0.192. The van der Waals surface area contributed by atoms with Crippen molar-refractivity contribution in [1.82, 2.24) is 15.2 Å². The van der Waals surface area contributed by atoms with Gasteiger partial charge in [0.1, 0.15) is 11.9 Å². The van der Waals surface area contributed by atoms with Crippen LogP contribution in [0, 0.1) is 11.7 Å². The molecule has 2 aliphatic rings. The Labute approximate surface area is 269 Å². The first-order valence-corrected chi connectivity index (χ1v) is 16.0. The molecule has 1 unspecified atom stereocenters. The highest BCUT2D eigenvalue weighted by atomic mass is 32.2. The number of halogens is 7. The number of nitrogens with one attached hydrogen (secondary N) is 2. The molecule has 5 rings (SSSR count). The van der Waals surface area contributed by atoms with E-state index in [0.29, 0.717) is 4.31 Å². The molecule has 2 aliphatic heterocycles. The lowest BCUT2D eigenvalue weighted by atomic mass is 9.74. The van der Waals surface area contributed by atoms with Crippen LogP contribution in [-0.4, -0.2) is 78.6 Å². The predicted octanol–water partition coefficient (Wildman–Crippen LogP) is 4.85. The molecule has 2 aromatic carbocycles. The predicted molar refractivity (Wildman–Crippen MR) is 159 cm³/mol. The van der Waals surface area contributed by atoms with E-state index in [1.165, 1.54) is 4.90 Å². The Kier molecular flexibility index (Phi) is 10.1. The fraction of sp³-hybridized carbons (Fsp3) is 0.433. The first-order chi connectivity index (χ1) is 22.2. The summed E-state index contributed by atoms with van der Waals surface area (Å²) in [7, 11) is -5.71. The highest BCUT2D eigenvalue weighted by Crippen LogP contribution is 2.50. The molecule has 0 aliphatic carbocycles. The van der Waals surface area contributed by atoms with Gasteiger partial charge in [-0.3, -0.25) is 13.9 Å². The highest BCUT2D eigenvalue weighted by molar-refractivity contribution is 7.93. The largest absolute Gasteiger partial charge is 0.516 e. The summed E-state index contributed by atoms with van der Waals surface area (Å²) in [6, 6.07) is 9.74. The summed E-state index contributed by atoms with van der Waals surface area (Å²) in [6.07, 6.45) is -2.83. The van der Waals surface area contributed by atoms with Crippen LogP contribution in [0.4, 0.5) is 36.4 Å². The van der Waals surface area contributed by atoms with Crippen LogP contribution in [0.25, 0.3) is 10.9 Å². The van der Waals surface area contributed by atoms with Gasteiger partial charge in [0.25, 0.3) is 0 Å². The number of hydrogen-bond donors (Lipinski definition) is 3. The van der Waals surface area contributed by atoms with E-state index in [4.69, 9.17) is 9.90 Å². The van der Waals surface area contributed by atoms with Crippen molar-refractivity contribution < 1.29 is 58.6 Å². The number of para-hydroxylation sites is 1. The maximum Gasteiger partial charge on any atom is 0.516 e. The number of carboxylic acid groups (broad SMARTS) is 1. The van der Waals surface area contributed by atoms with Crippen LogP contribution in [0.15, 0.2) is 48.7 Å². The van der Waals surface area contributed by atoms with Gasteiger partial charge in [0.05, 0.1) is 5.69 Å². The van der Waals surface area contributed by atoms with Crippen LogP contribution in [0.3, 0.4) is 0 Å². The van der Waals surface area contributed by atoms with Crippen molar-refractivity contribution in [1.29, 1.82) is 0 Å². The topological polar surface area (TPSA) is 140 Å². The number of nitrogens with zero attached hydrogens (tertiary/aromatic N) is 2. The maximum atomic E-state index is 14.2. The number of amides is 2. The Morgan fingerprint density at radius 2 is 1.62 bits per heavy atom. The van der Waals surface area contributed by atoms with Gasteiger partial charge in [-0.15, -0.1) is 0 Å². The van der Waals surface area contributed by atoms with Crippen molar-refractivity contribution in [3.05, 3.63) is 65.6 Å². The number of fused-ring (bicyclic) bond motifs is 3. The molecule has 1 saturated heterocycles. The minimum atomic E-state index is -5.71. The number of likely N-dealkylation sites (tertiary alicyclic amines) is 1. The molecule has 1 spiro atoms. The van der Waals surface area contributed by atoms with Gasteiger partial charge >= 0.3 is 27.7 Å². The number of rotatable bonds is 6. The molecule has 18 heteroatoms. The highest BCUT2D eigenvalue weighted by Gasteiger charge is 2.57. The third-order valence-corrected chi connectivity index (χ3v) is 9.83. The van der Waals surface area contributed by atoms with Crippen molar-refractivity contribution in [2.75, 3.05) is 23.9 Å². The minimum absolute atomic E-state index is 0.0939. The smallest absolute Gasteiger partial charge is 0.475 e. The number of hydrogen-bond acceptors (Lipinski definition) is 5. The molecule has 1 aromatic heterocycles. The lowest BCUT2D eigenvalue weighted by Gasteiger charge is -2.41. The molecule has 48 heavy (non-hydrogen) atoms. The van der Waals surface area contributed by atoms with E-state index in [0.717, 1.165) is 34.7 Å². The number of sulfonamides is 1. The average Bonchev–Trinajstić information content (AvgIpc) is 3.55. The second kappa shape index (κ2) is 13.3. The molecule has 3 N–H and O–H groups in total. The number of anilines is 1. The Morgan fingerprint density at radius 3 is 2.19 bits per heavy atom. The van der Waals surface area contributed by atoms with Crippen molar-refractivity contribution in [3.63, 3.8) is 0 Å². The van der Waals surface area contributed by atoms with Crippen LogP contribution in [-0.2, 0) is 36.2 Å². The second-order valence-electron chi connectivity index (χ2n) is 11.8. The van der Waals surface area contributed by atoms with Gasteiger partial charge in [0.15, 0.2) is 0 Å². The van der Waals surface area contributed by atoms with Crippen LogP contribution < -0.4 is 9.62 Å². The van der Waals surface area contributed by atoms with Crippen molar-refractivity contribution in [3.8, 4) is 0 Å². The molecule has 3 heterocycles. The summed E-state index contributed by atoms with van der Waals surface area (Å²) < 4.78 is 112. The SMILES string of the molecule is CC(C)C(=O)NC(Cc1c[nH]c2ccccc12)C(=O)N1CCC2(CC1)CN(S(=O)(=O)C(F)(F)F)c1ccc(F)cc12.O=C(O)C(F)(F)F. The van der Waals surface area contributed by atoms with E-state index < -0.39 is 51.5 Å². The van der Waals surface area contributed by atoms with Crippen molar-refractivity contribution >= 4 is 44.4 Å². The van der Waals surface area contributed by atoms with Gasteiger partial charge in [0, 0.05) is 54.5 Å². The van der Waals surface area contributed by atoms with Gasteiger partial charge in [-0.25, -0.2) is 9.18 Å². The van der Waals surface area contributed by atoms with Gasteiger partial charge in [-0.2, -0.15) is 34.8 Å². The van der Waals surface area contributed by atoms with E-state index in [1.54, 1.807) is 20.0 Å². The van der Waals surface area contributed by atoms with Gasteiger partial charge < -0.3 is 20.3 Å². The number of alkyl halides is 6. The molecule has 1 atom stereocenters. The Hall–Kier alpha value is -4.35. The van der Waals surface area contributed by atoms with Crippen molar-refractivity contribution in [2.24, 2.45) is 5.92 Å². The summed E-state index contributed by atoms with van der Waals surface area (Å²) in [5, 5.41) is 10.9. The standard InChI is InChI=1S/C28H30F4N4O4S.C2HF3O2/c1-17(2)25(37)34-23(13-18-15-33-22-6-4-3-5-20(18)22)26(38)35-11-9-27(10-12-35)16-36(41(39,40)28(30,31)32)24-8-7-19(29)14-21(24)27;3-2(4,5)1(6)7/h3-8,14-15,17,23,33H,9-13,16H2,1-2H3,(H,34,37);(H,6,7). The Balaban J connectivity index is 0.000000671. The monoisotopic (exact) mass is 708 g/mol. The molecule has 0 bridgehead atoms. The Bertz CT molecular complexity index is 1800. The molecule has 0 saturated carbocycles. The van der Waals surface area contributed by atoms with Crippen LogP contribution >= 0.6 is 0 Å². The number of aliphatic carboxylic acids is 1. The van der Waals surface area contributed by atoms with Crippen LogP contribution in [0.1, 0.15) is 37.8 Å². The molecule has 262 valence electrons. The first-order valence-electron chi connectivity index (χ1n) is 14.5. The van der Waals surface area contributed by atoms with E-state index in [1.807, 2.05) is 24.3 Å². The first kappa shape index (κ1) is 36.5. The maximum absolute atomic E-state index is 14.2. The van der Waals surface area contributed by atoms with Gasteiger partial charge in [-0.05, 0) is 48.2 Å². The molecule has 2 amide bonds. The fourth-order valence-electron chi connectivity index (χ4n) is 5.80. The molecule has 1 fully saturated rings. The quantitative estimate of drug-likeness (QED) is 0.313. The second-order valence-corrected chi connectivity index (χ2v) is 13.7. The van der Waals surface area contributed by atoms with Gasteiger partial charge in [-0.1, -0.05) is 32.0 Å². The molecule has 10 nitrogen and oxygen atoms in total. The average molecular weight is 709 g/mol. The normalized spacial score (nSPS) is 16.8. The summed E-state index contributed by atoms with van der Waals surface area (Å²) in [6.45, 7) is 3.11. The van der Waals surface area contributed by atoms with E-state index in [2.05, 4.69) is 10.3 Å². The molecule has 3 aromatic rings. The number of aromatic nitrogens is 1. The summed E-state index contributed by atoms with van der Waals surface area (Å²) in [5.41, 5.74) is -4.92. The van der Waals surface area contributed by atoms with Gasteiger partial charge in [0.2, 0.25) is 11.8 Å². The summed E-state index contributed by atoms with van der Waals surface area (Å²) >= 11 is 0. The summed E-state index contributed by atoms with van der Waals surface area (Å²) in [5.74, 6) is -4.47. The fourth-order valence-corrected chi connectivity index (χ4v) is 6.88. The number of carbonyl (C=O) groups is 3. The minimum Gasteiger partial charge on any atom is -0.475 e. The number of aromatic amines is 1. The number of carboxylic acids is 1. The van der Waals surface area contributed by atoms with Crippen LogP contribution in [0.5, 0.6) is 0 Å². The zero-order chi connectivity index (χ0) is 35.8. The third kappa shape index (κ3) is 7.37. The lowest BCUT2D eigenvalue weighted by Crippen LogP contribution is -2.55. The molecule has 0 radical (unpaired) electrons. The number of carbonyl (C=O) groups excluding carboxylic acids is 2. The number of piperidine rings is 1. The Morgan fingerprint density at radius 1 is 1.02 bits per heavy atom. The van der Waals surface area contributed by atoms with E-state index >= 15 is 0 Å². The third-order valence-electron chi connectivity index (χ3n) is 8.34. The molecular weight excluding hydrogens is 677 g/mol. The zero-order valence-corrected chi connectivity index (χ0v) is 26.3.